The Bertz CT molecular complexity index is 1310. The van der Waals surface area contributed by atoms with Gasteiger partial charge in [-0.1, -0.05) is 29.8 Å². The maximum Gasteiger partial charge on any atom is 0.295 e. The first-order chi connectivity index (χ1) is 14.6. The monoisotopic (exact) mass is 480 g/mol. The smallest absolute Gasteiger partial charge is 0.295 e. The van der Waals surface area contributed by atoms with E-state index in [4.69, 9.17) is 16.0 Å². The number of para-hydroxylation sites is 1. The molecule has 162 valence electrons. The number of nitrogens with one attached hydrogen (secondary N) is 2. The molecule has 3 N–H and O–H groups in total. The van der Waals surface area contributed by atoms with E-state index in [1.165, 1.54) is 30.0 Å². The lowest BCUT2D eigenvalue weighted by Crippen LogP contribution is -2.33. The molecule has 1 atom stereocenters. The fourth-order valence-electron chi connectivity index (χ4n) is 2.78. The number of thioether (sulfide) groups is 1. The van der Waals surface area contributed by atoms with Crippen LogP contribution in [0.4, 0.5) is 11.5 Å². The molecule has 0 spiro atoms. The van der Waals surface area contributed by atoms with Crippen LogP contribution in [0.15, 0.2) is 69.0 Å². The molecule has 0 fully saturated rings. The van der Waals surface area contributed by atoms with E-state index in [-0.39, 0.29) is 16.6 Å². The van der Waals surface area contributed by atoms with Gasteiger partial charge in [-0.2, -0.15) is 18.3 Å². The number of hydrogen-bond acceptors (Lipinski definition) is 7. The van der Waals surface area contributed by atoms with Crippen molar-refractivity contribution in [2.24, 2.45) is 0 Å². The Labute approximate surface area is 186 Å². The first-order valence-electron chi connectivity index (χ1n) is 8.91. The molecule has 9 nitrogen and oxygen atoms in total. The van der Waals surface area contributed by atoms with E-state index in [0.29, 0.717) is 32.3 Å². The summed E-state index contributed by atoms with van der Waals surface area (Å²) in [5, 5.41) is 28.3. The standard InChI is InChI=1S/C19H17ClN4O5S2/c1-24(25,26)18-10-14(21-22-18)11-30-17-7-6-13(20)9-15(17)23-31(27,28)19-8-12-4-2-3-5-16(12)29-19/h2-10,23,25H,11H2,1H3,(H,21,22). The summed E-state index contributed by atoms with van der Waals surface area (Å²) in [6.07, 6.45) is 0. The molecule has 2 aromatic heterocycles. The zero-order chi connectivity index (χ0) is 22.2. The predicted molar refractivity (Wildman–Crippen MR) is 119 cm³/mol. The van der Waals surface area contributed by atoms with Crippen LogP contribution in [0.1, 0.15) is 5.69 Å². The minimum atomic E-state index is -4.00. The van der Waals surface area contributed by atoms with Crippen LogP contribution in [0, 0.1) is 5.21 Å². The Morgan fingerprint density at radius 3 is 2.74 bits per heavy atom. The molecule has 0 bridgehead atoms. The molecule has 0 aliphatic carbocycles. The van der Waals surface area contributed by atoms with Crippen molar-refractivity contribution < 1.29 is 18.0 Å². The molecule has 1 unspecified atom stereocenters. The number of hydroxylamine groups is 2. The third-order valence-corrected chi connectivity index (χ3v) is 6.86. The summed E-state index contributed by atoms with van der Waals surface area (Å²) in [4.78, 5) is -1.03. The van der Waals surface area contributed by atoms with E-state index in [9.17, 15) is 18.8 Å². The van der Waals surface area contributed by atoms with Gasteiger partial charge in [-0.05, 0) is 24.3 Å². The van der Waals surface area contributed by atoms with Crippen LogP contribution in [0.25, 0.3) is 11.0 Å². The summed E-state index contributed by atoms with van der Waals surface area (Å²) in [7, 11) is -2.95. The van der Waals surface area contributed by atoms with Crippen LogP contribution >= 0.6 is 23.4 Å². The highest BCUT2D eigenvalue weighted by molar-refractivity contribution is 7.98. The van der Waals surface area contributed by atoms with Gasteiger partial charge in [0, 0.05) is 33.2 Å². The van der Waals surface area contributed by atoms with E-state index < -0.39 is 14.8 Å². The highest BCUT2D eigenvalue weighted by Gasteiger charge is 2.22. The number of hydrogen-bond donors (Lipinski definition) is 3. The molecule has 31 heavy (non-hydrogen) atoms. The normalized spacial score (nSPS) is 13.9. The summed E-state index contributed by atoms with van der Waals surface area (Å²) in [6.45, 7) is 0. The van der Waals surface area contributed by atoms with Gasteiger partial charge in [0.05, 0.1) is 11.4 Å². The SMILES string of the molecule is C[N+]([O-])(O)c1cc(CSc2ccc(Cl)cc2NS(=O)(=O)c2cc3ccccc3o2)n[nH]1. The Balaban J connectivity index is 1.57. The second-order valence-electron chi connectivity index (χ2n) is 6.76. The molecule has 0 saturated carbocycles. The van der Waals surface area contributed by atoms with Gasteiger partial charge in [-0.3, -0.25) is 4.72 Å². The number of rotatable bonds is 7. The Morgan fingerprint density at radius 1 is 1.26 bits per heavy atom. The second-order valence-corrected chi connectivity index (χ2v) is 9.83. The summed E-state index contributed by atoms with van der Waals surface area (Å²) >= 11 is 7.36. The van der Waals surface area contributed by atoms with Gasteiger partial charge in [-0.25, -0.2) is 10.3 Å². The van der Waals surface area contributed by atoms with Gasteiger partial charge in [0.15, 0.2) is 0 Å². The molecule has 0 aliphatic heterocycles. The fraction of sp³-hybridized carbons (Fsp3) is 0.105. The number of furan rings is 1. The van der Waals surface area contributed by atoms with Crippen LogP contribution in [0.2, 0.25) is 5.02 Å². The molecule has 0 radical (unpaired) electrons. The maximum absolute atomic E-state index is 12.9. The number of sulfonamides is 1. The van der Waals surface area contributed by atoms with Gasteiger partial charge in [0.25, 0.3) is 15.8 Å². The zero-order valence-corrected chi connectivity index (χ0v) is 18.5. The minimum Gasteiger partial charge on any atom is -0.592 e. The Hall–Kier alpha value is -2.54. The van der Waals surface area contributed by atoms with Gasteiger partial charge in [0.2, 0.25) is 5.09 Å². The van der Waals surface area contributed by atoms with Gasteiger partial charge in [-0.15, -0.1) is 11.8 Å². The predicted octanol–water partition coefficient (Wildman–Crippen LogP) is 4.73. The lowest BCUT2D eigenvalue weighted by molar-refractivity contribution is -0.00790. The van der Waals surface area contributed by atoms with Crippen LogP contribution < -0.4 is 9.53 Å². The zero-order valence-electron chi connectivity index (χ0n) is 16.1. The van der Waals surface area contributed by atoms with E-state index in [1.54, 1.807) is 36.4 Å². The van der Waals surface area contributed by atoms with Gasteiger partial charge in [0.1, 0.15) is 12.6 Å². The average molecular weight is 481 g/mol. The van der Waals surface area contributed by atoms with E-state index >= 15 is 0 Å². The largest absolute Gasteiger partial charge is 0.592 e. The first kappa shape index (κ1) is 21.7. The summed E-state index contributed by atoms with van der Waals surface area (Å²) < 4.78 is 33.8. The topological polar surface area (TPSA) is 131 Å². The summed E-state index contributed by atoms with van der Waals surface area (Å²) in [6, 6.07) is 14.7. The number of anilines is 1. The fourth-order valence-corrected chi connectivity index (χ4v) is 4.94. The van der Waals surface area contributed by atoms with E-state index in [2.05, 4.69) is 14.9 Å². The van der Waals surface area contributed by atoms with E-state index in [0.717, 1.165) is 7.05 Å². The van der Waals surface area contributed by atoms with E-state index in [1.807, 2.05) is 0 Å². The number of halogens is 1. The van der Waals surface area contributed by atoms with Crippen LogP contribution in [-0.2, 0) is 15.8 Å². The van der Waals surface area contributed by atoms with Crippen molar-refractivity contribution in [2.75, 3.05) is 11.8 Å². The molecule has 0 aliphatic rings. The number of H-pyrrole nitrogens is 1. The number of quaternary nitrogens is 1. The number of aromatic nitrogens is 2. The van der Waals surface area contributed by atoms with Crippen LogP contribution in [-0.4, -0.2) is 30.9 Å². The molecule has 2 heterocycles. The molecule has 12 heteroatoms. The lowest BCUT2D eigenvalue weighted by atomic mass is 10.3. The number of fused-ring (bicyclic) bond motifs is 1. The second kappa shape index (κ2) is 8.19. The highest BCUT2D eigenvalue weighted by Crippen LogP contribution is 2.34. The summed E-state index contributed by atoms with van der Waals surface area (Å²) in [5.41, 5.74) is 1.25. The van der Waals surface area contributed by atoms with Crippen LogP contribution in [0.5, 0.6) is 0 Å². The van der Waals surface area contributed by atoms with Crippen molar-refractivity contribution in [1.29, 1.82) is 0 Å². The highest BCUT2D eigenvalue weighted by atomic mass is 35.5. The molecule has 2 aromatic carbocycles. The van der Waals surface area contributed by atoms with Gasteiger partial charge >= 0.3 is 0 Å². The lowest BCUT2D eigenvalue weighted by Gasteiger charge is -2.24. The average Bonchev–Trinajstić information content (AvgIpc) is 3.34. The molecular formula is C19H17ClN4O5S2. The molecule has 4 rings (SSSR count). The molecular weight excluding hydrogens is 464 g/mol. The van der Waals surface area contributed by atoms with Crippen molar-refractivity contribution >= 4 is 55.9 Å². The molecule has 0 amide bonds. The first-order valence-corrected chi connectivity index (χ1v) is 11.8. The quantitative estimate of drug-likeness (QED) is 0.198. The number of nitrogens with zero attached hydrogens (tertiary/aromatic N) is 2. The summed E-state index contributed by atoms with van der Waals surface area (Å²) in [5.74, 6) is 0.301. The Morgan fingerprint density at radius 2 is 2.03 bits per heavy atom. The van der Waals surface area contributed by atoms with Gasteiger partial charge < -0.3 is 9.62 Å². The Kier molecular flexibility index (Phi) is 5.73. The number of aromatic amines is 1. The maximum atomic E-state index is 12.9. The van der Waals surface area contributed by atoms with Crippen molar-refractivity contribution in [3.8, 4) is 0 Å². The molecule has 0 saturated heterocycles. The van der Waals surface area contributed by atoms with Crippen molar-refractivity contribution in [3.63, 3.8) is 0 Å². The van der Waals surface area contributed by atoms with Crippen molar-refractivity contribution in [2.45, 2.75) is 15.7 Å². The molecule has 4 aromatic rings. The third-order valence-electron chi connectivity index (χ3n) is 4.29. The van der Waals surface area contributed by atoms with Crippen LogP contribution in [0.3, 0.4) is 0 Å². The van der Waals surface area contributed by atoms with Crippen molar-refractivity contribution in [1.82, 2.24) is 15.0 Å². The minimum absolute atomic E-state index is 0.0162. The van der Waals surface area contributed by atoms with Crippen molar-refractivity contribution in [3.05, 3.63) is 70.5 Å². The third kappa shape index (κ3) is 4.87. The number of benzene rings is 2.